The Bertz CT molecular complexity index is 714. The number of nitrogens with zero attached hydrogens (tertiary/aromatic N) is 2. The van der Waals surface area contributed by atoms with Gasteiger partial charge >= 0.3 is 6.18 Å². The summed E-state index contributed by atoms with van der Waals surface area (Å²) >= 11 is 0. The van der Waals surface area contributed by atoms with Crippen LogP contribution in [-0.2, 0) is 6.18 Å². The highest BCUT2D eigenvalue weighted by Crippen LogP contribution is 2.28. The van der Waals surface area contributed by atoms with Gasteiger partial charge < -0.3 is 16.1 Å². The first-order valence-electron chi connectivity index (χ1n) is 6.12. The van der Waals surface area contributed by atoms with Crippen molar-refractivity contribution in [2.24, 2.45) is 5.73 Å². The third kappa shape index (κ3) is 3.60. The van der Waals surface area contributed by atoms with Gasteiger partial charge in [0.05, 0.1) is 11.9 Å². The maximum atomic E-state index is 12.5. The fourth-order valence-electron chi connectivity index (χ4n) is 1.62. The van der Waals surface area contributed by atoms with Crippen LogP contribution < -0.4 is 5.73 Å². The molecule has 0 unspecified atom stereocenters. The van der Waals surface area contributed by atoms with Crippen LogP contribution in [0.25, 0.3) is 11.8 Å². The van der Waals surface area contributed by atoms with Crippen molar-refractivity contribution < 1.29 is 13.2 Å². The molecule has 2 aromatic heterocycles. The molecular formula is C14H12F3N5. The number of pyridine rings is 1. The monoisotopic (exact) mass is 307 g/mol. The Labute approximate surface area is 123 Å². The van der Waals surface area contributed by atoms with E-state index < -0.39 is 11.9 Å². The van der Waals surface area contributed by atoms with Crippen molar-refractivity contribution in [1.29, 1.82) is 5.41 Å². The van der Waals surface area contributed by atoms with E-state index in [4.69, 9.17) is 11.1 Å². The van der Waals surface area contributed by atoms with Gasteiger partial charge in [-0.3, -0.25) is 4.98 Å². The van der Waals surface area contributed by atoms with E-state index in [-0.39, 0.29) is 17.1 Å². The van der Waals surface area contributed by atoms with E-state index in [0.29, 0.717) is 6.20 Å². The summed E-state index contributed by atoms with van der Waals surface area (Å²) in [7, 11) is 0. The number of aromatic nitrogens is 3. The summed E-state index contributed by atoms with van der Waals surface area (Å²) in [6.07, 6.45) is 3.45. The lowest BCUT2D eigenvalue weighted by molar-refractivity contribution is -0.140. The number of nitrogens with two attached hydrogens (primary N) is 1. The lowest BCUT2D eigenvalue weighted by atomic mass is 10.1. The van der Waals surface area contributed by atoms with E-state index in [1.165, 1.54) is 6.08 Å². The van der Waals surface area contributed by atoms with Crippen molar-refractivity contribution in [2.45, 2.75) is 6.18 Å². The lowest BCUT2D eigenvalue weighted by Crippen LogP contribution is -2.07. The van der Waals surface area contributed by atoms with E-state index in [2.05, 4.69) is 15.0 Å². The second kappa shape index (κ2) is 6.25. The molecule has 2 aromatic rings. The Morgan fingerprint density at radius 2 is 2.09 bits per heavy atom. The highest BCUT2D eigenvalue weighted by Gasteiger charge is 2.33. The van der Waals surface area contributed by atoms with Gasteiger partial charge in [-0.1, -0.05) is 18.2 Å². The first kappa shape index (κ1) is 15.5. The summed E-state index contributed by atoms with van der Waals surface area (Å²) < 4.78 is 37.6. The molecule has 22 heavy (non-hydrogen) atoms. The summed E-state index contributed by atoms with van der Waals surface area (Å²) in [5.74, 6) is -0.137. The van der Waals surface area contributed by atoms with Gasteiger partial charge in [-0.2, -0.15) is 13.2 Å². The topological polar surface area (TPSA) is 91.4 Å². The maximum absolute atomic E-state index is 12.5. The Hall–Kier alpha value is -2.90. The van der Waals surface area contributed by atoms with Gasteiger partial charge in [0.25, 0.3) is 0 Å². The zero-order valence-electron chi connectivity index (χ0n) is 11.2. The summed E-state index contributed by atoms with van der Waals surface area (Å²) in [6.45, 7) is 0. The molecule has 0 aliphatic rings. The van der Waals surface area contributed by atoms with Gasteiger partial charge in [0.1, 0.15) is 5.69 Å². The Morgan fingerprint density at radius 1 is 1.32 bits per heavy atom. The number of hydrogen-bond donors (Lipinski definition) is 3. The minimum atomic E-state index is -4.53. The number of hydrogen-bond acceptors (Lipinski definition) is 4. The zero-order valence-corrected chi connectivity index (χ0v) is 11.2. The predicted molar refractivity (Wildman–Crippen MR) is 76.8 cm³/mol. The fraction of sp³-hybridized carbons (Fsp3) is 0.0714. The van der Waals surface area contributed by atoms with Crippen molar-refractivity contribution in [3.8, 4) is 0 Å². The van der Waals surface area contributed by atoms with Crippen LogP contribution in [0.4, 0.5) is 13.2 Å². The second-order valence-electron chi connectivity index (χ2n) is 4.28. The zero-order chi connectivity index (χ0) is 16.2. The van der Waals surface area contributed by atoms with Crippen LogP contribution in [0.1, 0.15) is 17.1 Å². The number of nitrogens with one attached hydrogen (secondary N) is 2. The standard InChI is InChI=1S/C14H12F3N5/c15-14(16,17)11-8-21-13(22-11)12(19)10(6-18)4-3-9-2-1-5-20-7-9/h1-8,18H,19H2,(H,21,22)/b4-3+,12-10-,18-6?. The van der Waals surface area contributed by atoms with Crippen LogP contribution in [0.15, 0.2) is 42.4 Å². The average Bonchev–Trinajstić information content (AvgIpc) is 2.98. The van der Waals surface area contributed by atoms with Crippen LogP contribution >= 0.6 is 0 Å². The normalized spacial score (nSPS) is 13.2. The average molecular weight is 307 g/mol. The minimum absolute atomic E-state index is 0.0503. The molecule has 0 spiro atoms. The smallest absolute Gasteiger partial charge is 0.395 e. The molecular weight excluding hydrogens is 295 g/mol. The number of aromatic amines is 1. The van der Waals surface area contributed by atoms with Crippen LogP contribution in [0.3, 0.4) is 0 Å². The van der Waals surface area contributed by atoms with E-state index in [0.717, 1.165) is 11.8 Å². The Balaban J connectivity index is 2.31. The number of alkyl halides is 3. The Morgan fingerprint density at radius 3 is 2.64 bits per heavy atom. The third-order valence-corrected chi connectivity index (χ3v) is 2.74. The van der Waals surface area contributed by atoms with Crippen LogP contribution in [-0.4, -0.2) is 21.2 Å². The third-order valence-electron chi connectivity index (χ3n) is 2.74. The van der Waals surface area contributed by atoms with Crippen molar-refractivity contribution in [1.82, 2.24) is 15.0 Å². The molecule has 8 heteroatoms. The predicted octanol–water partition coefficient (Wildman–Crippen LogP) is 2.86. The first-order chi connectivity index (χ1) is 10.4. The molecule has 4 N–H and O–H groups in total. The second-order valence-corrected chi connectivity index (χ2v) is 4.28. The number of rotatable bonds is 4. The highest BCUT2D eigenvalue weighted by molar-refractivity contribution is 5.92. The lowest BCUT2D eigenvalue weighted by Gasteiger charge is -2.03. The van der Waals surface area contributed by atoms with Crippen molar-refractivity contribution in [2.75, 3.05) is 0 Å². The van der Waals surface area contributed by atoms with Gasteiger partial charge in [0, 0.05) is 24.2 Å². The highest BCUT2D eigenvalue weighted by atomic mass is 19.4. The van der Waals surface area contributed by atoms with Crippen molar-refractivity contribution >= 4 is 18.0 Å². The van der Waals surface area contributed by atoms with Crippen LogP contribution in [0, 0.1) is 5.41 Å². The minimum Gasteiger partial charge on any atom is -0.395 e. The van der Waals surface area contributed by atoms with Crippen molar-refractivity contribution in [3.63, 3.8) is 0 Å². The summed E-state index contributed by atoms with van der Waals surface area (Å²) in [4.78, 5) is 9.62. The van der Waals surface area contributed by atoms with Gasteiger partial charge in [0.15, 0.2) is 5.82 Å². The van der Waals surface area contributed by atoms with Crippen molar-refractivity contribution in [3.05, 3.63) is 59.5 Å². The molecule has 0 saturated heterocycles. The van der Waals surface area contributed by atoms with E-state index in [1.807, 2.05) is 0 Å². The van der Waals surface area contributed by atoms with Gasteiger partial charge in [-0.15, -0.1) is 0 Å². The number of allylic oxidation sites excluding steroid dienone is 2. The Kier molecular flexibility index (Phi) is 4.40. The van der Waals surface area contributed by atoms with E-state index >= 15 is 0 Å². The molecule has 0 aromatic carbocycles. The molecule has 0 radical (unpaired) electrons. The summed E-state index contributed by atoms with van der Waals surface area (Å²) in [6, 6.07) is 3.52. The number of imidazole rings is 1. The van der Waals surface area contributed by atoms with Gasteiger partial charge in [0.2, 0.25) is 0 Å². The molecule has 0 fully saturated rings. The molecule has 114 valence electrons. The first-order valence-corrected chi connectivity index (χ1v) is 6.12. The number of halogens is 3. The molecule has 0 aliphatic carbocycles. The van der Waals surface area contributed by atoms with Gasteiger partial charge in [-0.25, -0.2) is 4.98 Å². The molecule has 2 rings (SSSR count). The fourth-order valence-corrected chi connectivity index (χ4v) is 1.62. The molecule has 0 bridgehead atoms. The molecule has 0 saturated carbocycles. The molecule has 2 heterocycles. The van der Waals surface area contributed by atoms with Gasteiger partial charge in [-0.05, 0) is 11.6 Å². The molecule has 5 nitrogen and oxygen atoms in total. The SMILES string of the molecule is N=CC(/C=C/c1cccnc1)=C(\N)c1ncc(C(F)(F)F)[nH]1. The van der Waals surface area contributed by atoms with Crippen LogP contribution in [0.2, 0.25) is 0 Å². The summed E-state index contributed by atoms with van der Waals surface area (Å²) in [5.41, 5.74) is 5.72. The maximum Gasteiger partial charge on any atom is 0.432 e. The van der Waals surface area contributed by atoms with E-state index in [1.54, 1.807) is 30.6 Å². The number of H-pyrrole nitrogens is 1. The molecule has 0 amide bonds. The quantitative estimate of drug-likeness (QED) is 0.599. The molecule has 0 atom stereocenters. The molecule has 0 aliphatic heterocycles. The van der Waals surface area contributed by atoms with E-state index in [9.17, 15) is 13.2 Å². The largest absolute Gasteiger partial charge is 0.432 e. The summed E-state index contributed by atoms with van der Waals surface area (Å²) in [5, 5.41) is 7.34. The van der Waals surface area contributed by atoms with Crippen LogP contribution in [0.5, 0.6) is 0 Å².